The van der Waals surface area contributed by atoms with E-state index in [-0.39, 0.29) is 11.7 Å². The first-order valence-electron chi connectivity index (χ1n) is 6.82. The van der Waals surface area contributed by atoms with Crippen LogP contribution in [0.25, 0.3) is 0 Å². The van der Waals surface area contributed by atoms with Crippen molar-refractivity contribution in [3.63, 3.8) is 0 Å². The fourth-order valence-corrected chi connectivity index (χ4v) is 4.59. The molecule has 3 rings (SSSR count). The lowest BCUT2D eigenvalue weighted by molar-refractivity contribution is 0.249. The third-order valence-electron chi connectivity index (χ3n) is 3.83. The summed E-state index contributed by atoms with van der Waals surface area (Å²) in [5, 5.41) is 3.31. The van der Waals surface area contributed by atoms with Gasteiger partial charge in [0.25, 0.3) is 0 Å². The molecule has 0 spiro atoms. The summed E-state index contributed by atoms with van der Waals surface area (Å²) in [5.74, 6) is 1.61. The molecule has 1 unspecified atom stereocenters. The number of ether oxygens (including phenoxy) is 1. The highest BCUT2D eigenvalue weighted by Gasteiger charge is 2.25. The molecule has 5 heteroatoms. The van der Waals surface area contributed by atoms with Crippen molar-refractivity contribution >= 4 is 15.5 Å². The quantitative estimate of drug-likeness (QED) is 0.919. The van der Waals surface area contributed by atoms with E-state index < -0.39 is 9.84 Å². The highest BCUT2D eigenvalue weighted by molar-refractivity contribution is 7.91. The maximum Gasteiger partial charge on any atom is 0.150 e. The van der Waals surface area contributed by atoms with Crippen molar-refractivity contribution in [3.8, 4) is 5.75 Å². The van der Waals surface area contributed by atoms with Crippen LogP contribution in [0.5, 0.6) is 5.75 Å². The molecule has 104 valence electrons. The SMILES string of the molecule is O=S1(=O)CCCC(COc2ccc3c(c2)CCN3)C1. The topological polar surface area (TPSA) is 55.4 Å². The summed E-state index contributed by atoms with van der Waals surface area (Å²) < 4.78 is 28.9. The number of benzene rings is 1. The molecule has 1 saturated heterocycles. The molecule has 2 aliphatic heterocycles. The zero-order chi connectivity index (χ0) is 13.3. The number of nitrogens with one attached hydrogen (secondary N) is 1. The second-order valence-corrected chi connectivity index (χ2v) is 7.66. The van der Waals surface area contributed by atoms with Crippen LogP contribution in [0.1, 0.15) is 18.4 Å². The van der Waals surface area contributed by atoms with Crippen LogP contribution in [0.3, 0.4) is 0 Å². The Morgan fingerprint density at radius 2 is 2.26 bits per heavy atom. The maximum absolute atomic E-state index is 11.6. The van der Waals surface area contributed by atoms with Crippen LogP contribution in [0.2, 0.25) is 0 Å². The molecular formula is C14H19NO3S. The van der Waals surface area contributed by atoms with E-state index in [4.69, 9.17) is 4.74 Å². The van der Waals surface area contributed by atoms with Crippen LogP contribution in [-0.4, -0.2) is 33.1 Å². The van der Waals surface area contributed by atoms with Gasteiger partial charge in [-0.15, -0.1) is 0 Å². The van der Waals surface area contributed by atoms with Gasteiger partial charge in [0.15, 0.2) is 9.84 Å². The second-order valence-electron chi connectivity index (χ2n) is 5.43. The van der Waals surface area contributed by atoms with Crippen LogP contribution < -0.4 is 10.1 Å². The van der Waals surface area contributed by atoms with Crippen LogP contribution in [0, 0.1) is 5.92 Å². The number of hydrogen-bond donors (Lipinski definition) is 1. The van der Waals surface area contributed by atoms with E-state index in [9.17, 15) is 8.42 Å². The molecule has 0 saturated carbocycles. The molecule has 1 aromatic rings. The van der Waals surface area contributed by atoms with Crippen molar-refractivity contribution < 1.29 is 13.2 Å². The molecule has 2 heterocycles. The van der Waals surface area contributed by atoms with Gasteiger partial charge < -0.3 is 10.1 Å². The standard InChI is InChI=1S/C14H19NO3S/c16-19(17)7-1-2-11(10-19)9-18-13-3-4-14-12(8-13)5-6-15-14/h3-4,8,11,15H,1-2,5-7,9-10H2. The summed E-state index contributed by atoms with van der Waals surface area (Å²) in [7, 11) is -2.84. The normalized spacial score (nSPS) is 24.5. The lowest BCUT2D eigenvalue weighted by Gasteiger charge is -2.22. The third kappa shape index (κ3) is 3.03. The second kappa shape index (κ2) is 5.04. The van der Waals surface area contributed by atoms with Gasteiger partial charge in [0.1, 0.15) is 5.75 Å². The van der Waals surface area contributed by atoms with Crippen LogP contribution in [0.4, 0.5) is 5.69 Å². The Morgan fingerprint density at radius 3 is 3.11 bits per heavy atom. The monoisotopic (exact) mass is 281 g/mol. The lowest BCUT2D eigenvalue weighted by atomic mass is 10.1. The largest absolute Gasteiger partial charge is 0.493 e. The predicted octanol–water partition coefficient (Wildman–Crippen LogP) is 1.86. The Morgan fingerprint density at radius 1 is 1.37 bits per heavy atom. The summed E-state index contributed by atoms with van der Waals surface area (Å²) in [6.07, 6.45) is 2.75. The van der Waals surface area contributed by atoms with Gasteiger partial charge in [-0.2, -0.15) is 0 Å². The molecule has 2 aliphatic rings. The van der Waals surface area contributed by atoms with E-state index in [0.29, 0.717) is 12.4 Å². The Labute approximate surface area is 114 Å². The average Bonchev–Trinajstić information content (AvgIpc) is 2.82. The van der Waals surface area contributed by atoms with Gasteiger partial charge in [-0.05, 0) is 43.0 Å². The predicted molar refractivity (Wildman–Crippen MR) is 75.5 cm³/mol. The van der Waals surface area contributed by atoms with Crippen molar-refractivity contribution in [3.05, 3.63) is 23.8 Å². The van der Waals surface area contributed by atoms with Gasteiger partial charge in [-0.25, -0.2) is 8.42 Å². The summed E-state index contributed by atoms with van der Waals surface area (Å²) >= 11 is 0. The van der Waals surface area contributed by atoms with Gasteiger partial charge in [0, 0.05) is 18.2 Å². The zero-order valence-electron chi connectivity index (χ0n) is 10.9. The highest BCUT2D eigenvalue weighted by Crippen LogP contribution is 2.27. The Balaban J connectivity index is 1.60. The Hall–Kier alpha value is -1.23. The smallest absolute Gasteiger partial charge is 0.150 e. The van der Waals surface area contributed by atoms with E-state index >= 15 is 0 Å². The molecule has 0 bridgehead atoms. The van der Waals surface area contributed by atoms with Crippen LogP contribution in [-0.2, 0) is 16.3 Å². The number of fused-ring (bicyclic) bond motifs is 1. The third-order valence-corrected chi connectivity index (χ3v) is 5.72. The van der Waals surface area contributed by atoms with Gasteiger partial charge >= 0.3 is 0 Å². The van der Waals surface area contributed by atoms with Crippen molar-refractivity contribution in [2.75, 3.05) is 30.0 Å². The first-order valence-corrected chi connectivity index (χ1v) is 8.64. The van der Waals surface area contributed by atoms with Gasteiger partial charge in [0.2, 0.25) is 0 Å². The molecule has 4 nitrogen and oxygen atoms in total. The fraction of sp³-hybridized carbons (Fsp3) is 0.571. The van der Waals surface area contributed by atoms with E-state index in [1.807, 2.05) is 12.1 Å². The first kappa shape index (κ1) is 12.8. The molecule has 0 amide bonds. The Bertz CT molecular complexity index is 568. The van der Waals surface area contributed by atoms with E-state index in [1.165, 1.54) is 11.3 Å². The fourth-order valence-electron chi connectivity index (χ4n) is 2.83. The minimum absolute atomic E-state index is 0.144. The highest BCUT2D eigenvalue weighted by atomic mass is 32.2. The summed E-state index contributed by atoms with van der Waals surface area (Å²) in [6.45, 7) is 1.49. The van der Waals surface area contributed by atoms with E-state index in [1.54, 1.807) is 0 Å². The maximum atomic E-state index is 11.6. The summed E-state index contributed by atoms with van der Waals surface area (Å²) in [4.78, 5) is 0. The zero-order valence-corrected chi connectivity index (χ0v) is 11.7. The summed E-state index contributed by atoms with van der Waals surface area (Å²) in [5.41, 5.74) is 2.47. The van der Waals surface area contributed by atoms with Gasteiger partial charge in [-0.1, -0.05) is 0 Å². The molecule has 0 aromatic heterocycles. The van der Waals surface area contributed by atoms with Crippen molar-refractivity contribution in [1.82, 2.24) is 0 Å². The van der Waals surface area contributed by atoms with Crippen molar-refractivity contribution in [2.24, 2.45) is 5.92 Å². The molecule has 1 atom stereocenters. The number of rotatable bonds is 3. The van der Waals surface area contributed by atoms with E-state index in [2.05, 4.69) is 11.4 Å². The molecule has 0 aliphatic carbocycles. The molecule has 0 radical (unpaired) electrons. The molecule has 1 fully saturated rings. The molecule has 1 N–H and O–H groups in total. The minimum atomic E-state index is -2.84. The van der Waals surface area contributed by atoms with Gasteiger partial charge in [-0.3, -0.25) is 0 Å². The minimum Gasteiger partial charge on any atom is -0.493 e. The molecule has 1 aromatic carbocycles. The molecule has 19 heavy (non-hydrogen) atoms. The first-order chi connectivity index (χ1) is 9.12. The number of hydrogen-bond acceptors (Lipinski definition) is 4. The Kier molecular flexibility index (Phi) is 3.39. The van der Waals surface area contributed by atoms with Crippen molar-refractivity contribution in [1.29, 1.82) is 0 Å². The van der Waals surface area contributed by atoms with Crippen LogP contribution >= 0.6 is 0 Å². The van der Waals surface area contributed by atoms with Crippen LogP contribution in [0.15, 0.2) is 18.2 Å². The number of anilines is 1. The summed E-state index contributed by atoms with van der Waals surface area (Å²) in [6, 6.07) is 6.05. The van der Waals surface area contributed by atoms with E-state index in [0.717, 1.165) is 31.6 Å². The average molecular weight is 281 g/mol. The van der Waals surface area contributed by atoms with Gasteiger partial charge in [0.05, 0.1) is 18.1 Å². The lowest BCUT2D eigenvalue weighted by Crippen LogP contribution is -2.29. The molecular weight excluding hydrogens is 262 g/mol. The van der Waals surface area contributed by atoms with Crippen molar-refractivity contribution in [2.45, 2.75) is 19.3 Å². The number of sulfone groups is 1.